The van der Waals surface area contributed by atoms with Gasteiger partial charge in [-0.3, -0.25) is 4.79 Å². The van der Waals surface area contributed by atoms with Gasteiger partial charge < -0.3 is 21.1 Å². The third-order valence-corrected chi connectivity index (χ3v) is 9.04. The first kappa shape index (κ1) is 34.0. The van der Waals surface area contributed by atoms with Gasteiger partial charge in [0.25, 0.3) is 5.91 Å². The number of aliphatic carboxylic acids is 1. The normalized spacial score (nSPS) is 15.0. The number of alkyl halides is 3. The largest absolute Gasteiger partial charge is 0.490 e. The number of carbonyl (C=O) groups excluding carboxylic acids is 1. The molecule has 1 aromatic heterocycles. The lowest BCUT2D eigenvalue weighted by Gasteiger charge is -2.31. The van der Waals surface area contributed by atoms with Crippen molar-refractivity contribution in [2.75, 3.05) is 25.4 Å². The maximum absolute atomic E-state index is 14.6. The first-order valence-corrected chi connectivity index (χ1v) is 15.4. The van der Waals surface area contributed by atoms with Crippen LogP contribution in [0.1, 0.15) is 61.0 Å². The standard InChI is InChI=1S/C27H35FN4O3S.C2HF3O2/c1-4-36(34,35)32-7-5-19(6-8-32)25-16-31-26-23(25)12-21(13-24(26)27(29)33)20-9-18(10-22(28)11-20)15-30-14-17(2)3;3-2(4,5)1(6)7/h9-13,16-17,19,30-31H,4-8,14-15H2,1-3H3,(H2,29,33);(H,6,7). The number of nitrogens with zero attached hydrogens (tertiary/aromatic N) is 1. The minimum absolute atomic E-state index is 0.0959. The van der Waals surface area contributed by atoms with Gasteiger partial charge in [0.1, 0.15) is 5.82 Å². The third kappa shape index (κ3) is 8.77. The average Bonchev–Trinajstić information content (AvgIpc) is 3.36. The maximum Gasteiger partial charge on any atom is 0.490 e. The van der Waals surface area contributed by atoms with Crippen LogP contribution in [0.2, 0.25) is 0 Å². The first-order valence-electron chi connectivity index (χ1n) is 13.8. The molecule has 0 bridgehead atoms. The summed E-state index contributed by atoms with van der Waals surface area (Å²) in [5.74, 6) is -2.94. The molecule has 1 aliphatic heterocycles. The fourth-order valence-electron chi connectivity index (χ4n) is 5.00. The van der Waals surface area contributed by atoms with E-state index in [-0.39, 0.29) is 17.5 Å². The molecule has 9 nitrogen and oxygen atoms in total. The predicted molar refractivity (Wildman–Crippen MR) is 155 cm³/mol. The van der Waals surface area contributed by atoms with Crippen molar-refractivity contribution in [2.24, 2.45) is 11.7 Å². The van der Waals surface area contributed by atoms with Crippen molar-refractivity contribution in [1.29, 1.82) is 0 Å². The highest BCUT2D eigenvalue weighted by Gasteiger charge is 2.38. The van der Waals surface area contributed by atoms with Crippen molar-refractivity contribution in [1.82, 2.24) is 14.6 Å². The van der Waals surface area contributed by atoms with Gasteiger partial charge in [0.15, 0.2) is 0 Å². The molecule has 43 heavy (non-hydrogen) atoms. The van der Waals surface area contributed by atoms with Crippen LogP contribution in [0, 0.1) is 11.7 Å². The molecule has 4 rings (SSSR count). The van der Waals surface area contributed by atoms with Crippen LogP contribution in [0.4, 0.5) is 17.6 Å². The number of amides is 1. The first-order chi connectivity index (χ1) is 20.0. The molecule has 14 heteroatoms. The molecule has 0 aliphatic carbocycles. The Labute approximate surface area is 247 Å². The van der Waals surface area contributed by atoms with Gasteiger partial charge in [0, 0.05) is 31.2 Å². The van der Waals surface area contributed by atoms with E-state index in [2.05, 4.69) is 24.1 Å². The number of fused-ring (bicyclic) bond motifs is 1. The van der Waals surface area contributed by atoms with Crippen LogP contribution < -0.4 is 11.1 Å². The number of H-pyrrole nitrogens is 1. The highest BCUT2D eigenvalue weighted by molar-refractivity contribution is 7.89. The number of carboxylic acid groups (broad SMARTS) is 1. The number of piperidine rings is 1. The molecule has 1 aliphatic rings. The molecule has 5 N–H and O–H groups in total. The lowest BCUT2D eigenvalue weighted by atomic mass is 9.88. The summed E-state index contributed by atoms with van der Waals surface area (Å²) in [5, 5.41) is 11.3. The second kappa shape index (κ2) is 13.9. The van der Waals surface area contributed by atoms with E-state index in [0.717, 1.165) is 23.1 Å². The Bertz CT molecular complexity index is 1560. The van der Waals surface area contributed by atoms with Gasteiger partial charge in [0.05, 0.1) is 16.8 Å². The van der Waals surface area contributed by atoms with E-state index in [4.69, 9.17) is 15.6 Å². The van der Waals surface area contributed by atoms with Crippen molar-refractivity contribution < 1.29 is 40.7 Å². The second-order valence-corrected chi connectivity index (χ2v) is 13.1. The lowest BCUT2D eigenvalue weighted by Crippen LogP contribution is -2.38. The highest BCUT2D eigenvalue weighted by atomic mass is 32.2. The molecule has 0 atom stereocenters. The summed E-state index contributed by atoms with van der Waals surface area (Å²) in [4.78, 5) is 24.5. The number of carbonyl (C=O) groups is 2. The Morgan fingerprint density at radius 3 is 2.26 bits per heavy atom. The summed E-state index contributed by atoms with van der Waals surface area (Å²) >= 11 is 0. The second-order valence-electron chi connectivity index (χ2n) is 10.8. The van der Waals surface area contributed by atoms with E-state index in [1.807, 2.05) is 18.3 Å². The van der Waals surface area contributed by atoms with E-state index in [1.165, 1.54) is 12.1 Å². The average molecular weight is 629 g/mol. The summed E-state index contributed by atoms with van der Waals surface area (Å²) in [7, 11) is -3.21. The zero-order valence-corrected chi connectivity index (χ0v) is 24.9. The van der Waals surface area contributed by atoms with Gasteiger partial charge in [0.2, 0.25) is 10.0 Å². The third-order valence-electron chi connectivity index (χ3n) is 7.15. The van der Waals surface area contributed by atoms with Crippen LogP contribution in [0.3, 0.4) is 0 Å². The molecule has 0 saturated carbocycles. The number of benzene rings is 2. The Balaban J connectivity index is 0.000000646. The molecule has 1 saturated heterocycles. The van der Waals surface area contributed by atoms with Crippen LogP contribution in [0.25, 0.3) is 22.0 Å². The monoisotopic (exact) mass is 628 g/mol. The molecule has 3 aromatic rings. The van der Waals surface area contributed by atoms with Gasteiger partial charge >= 0.3 is 12.1 Å². The minimum atomic E-state index is -5.08. The summed E-state index contributed by atoms with van der Waals surface area (Å²) in [5.41, 5.74) is 9.98. The van der Waals surface area contributed by atoms with Crippen LogP contribution in [-0.2, 0) is 21.4 Å². The smallest absolute Gasteiger partial charge is 0.475 e. The van der Waals surface area contributed by atoms with Crippen molar-refractivity contribution in [3.05, 3.63) is 59.0 Å². The van der Waals surface area contributed by atoms with Crippen LogP contribution in [-0.4, -0.2) is 66.3 Å². The van der Waals surface area contributed by atoms with E-state index in [1.54, 1.807) is 17.3 Å². The molecule has 2 heterocycles. The molecule has 1 amide bonds. The summed E-state index contributed by atoms with van der Waals surface area (Å²) < 4.78 is 72.4. The highest BCUT2D eigenvalue weighted by Crippen LogP contribution is 2.37. The van der Waals surface area contributed by atoms with Crippen molar-refractivity contribution in [3.8, 4) is 11.1 Å². The number of primary amides is 1. The SMILES string of the molecule is CCS(=O)(=O)N1CCC(c2c[nH]c3c(C(N)=O)cc(-c4cc(F)cc(CNCC(C)C)c4)cc23)CC1.O=C(O)C(F)(F)F. The lowest BCUT2D eigenvalue weighted by molar-refractivity contribution is -0.192. The van der Waals surface area contributed by atoms with E-state index in [9.17, 15) is 30.8 Å². The van der Waals surface area contributed by atoms with Crippen LogP contribution in [0.15, 0.2) is 36.5 Å². The van der Waals surface area contributed by atoms with E-state index < -0.39 is 28.1 Å². The fraction of sp³-hybridized carbons (Fsp3) is 0.448. The fourth-order valence-corrected chi connectivity index (χ4v) is 6.14. The minimum Gasteiger partial charge on any atom is -0.475 e. The molecule has 2 aromatic carbocycles. The molecule has 0 radical (unpaired) electrons. The number of hydrogen-bond acceptors (Lipinski definition) is 5. The zero-order valence-electron chi connectivity index (χ0n) is 24.1. The number of sulfonamides is 1. The van der Waals surface area contributed by atoms with Crippen LogP contribution >= 0.6 is 0 Å². The van der Waals surface area contributed by atoms with Gasteiger partial charge in [-0.25, -0.2) is 21.9 Å². The van der Waals surface area contributed by atoms with Gasteiger partial charge in [-0.1, -0.05) is 13.8 Å². The number of nitrogens with two attached hydrogens (primary N) is 1. The molecular formula is C29H36F4N4O5S. The van der Waals surface area contributed by atoms with Crippen molar-refractivity contribution in [3.63, 3.8) is 0 Å². The number of carboxylic acids is 1. The Morgan fingerprint density at radius 1 is 1.12 bits per heavy atom. The maximum atomic E-state index is 14.6. The molecule has 1 fully saturated rings. The molecule has 0 unspecified atom stereocenters. The zero-order chi connectivity index (χ0) is 32.1. The Hall–Kier alpha value is -3.49. The summed E-state index contributed by atoms with van der Waals surface area (Å²) in [6, 6.07) is 8.61. The number of halogens is 4. The van der Waals surface area contributed by atoms with Crippen LogP contribution in [0.5, 0.6) is 0 Å². The number of rotatable bonds is 9. The molecule has 0 spiro atoms. The van der Waals surface area contributed by atoms with Gasteiger partial charge in [-0.05, 0) is 90.7 Å². The van der Waals surface area contributed by atoms with E-state index >= 15 is 0 Å². The topological polar surface area (TPSA) is 146 Å². The Kier molecular flexibility index (Phi) is 11.0. The van der Waals surface area contributed by atoms with E-state index in [0.29, 0.717) is 60.6 Å². The van der Waals surface area contributed by atoms with Gasteiger partial charge in [-0.2, -0.15) is 13.2 Å². The molecule has 236 valence electrons. The van der Waals surface area contributed by atoms with Crippen molar-refractivity contribution in [2.45, 2.75) is 52.3 Å². The summed E-state index contributed by atoms with van der Waals surface area (Å²) in [6.45, 7) is 8.19. The number of nitrogens with one attached hydrogen (secondary N) is 2. The number of aromatic nitrogens is 1. The number of hydrogen-bond donors (Lipinski definition) is 4. The number of aromatic amines is 1. The van der Waals surface area contributed by atoms with Crippen molar-refractivity contribution >= 4 is 32.8 Å². The predicted octanol–water partition coefficient (Wildman–Crippen LogP) is 4.98. The molecular weight excluding hydrogens is 592 g/mol. The Morgan fingerprint density at radius 2 is 1.72 bits per heavy atom. The quantitative estimate of drug-likeness (QED) is 0.246. The van der Waals surface area contributed by atoms with Gasteiger partial charge in [-0.15, -0.1) is 0 Å². The summed E-state index contributed by atoms with van der Waals surface area (Å²) in [6.07, 6.45) is -1.82.